The first-order valence-corrected chi connectivity index (χ1v) is 15.4. The summed E-state index contributed by atoms with van der Waals surface area (Å²) >= 11 is 6.24. The van der Waals surface area contributed by atoms with E-state index in [1.807, 2.05) is 25.1 Å². The van der Waals surface area contributed by atoms with Gasteiger partial charge >= 0.3 is 0 Å². The number of carbonyl (C=O) groups is 1. The number of phenols is 1. The van der Waals surface area contributed by atoms with Gasteiger partial charge in [-0.25, -0.2) is 8.42 Å². The van der Waals surface area contributed by atoms with Crippen molar-refractivity contribution in [1.82, 2.24) is 15.1 Å². The Kier molecular flexibility index (Phi) is 7.77. The number of rotatable bonds is 10. The molecular weight excluding hydrogens is 542 g/mol. The second-order valence-electron chi connectivity index (χ2n) is 9.89. The fourth-order valence-electron chi connectivity index (χ4n) is 5.38. The number of halogens is 1. The maximum Gasteiger partial charge on any atom is 0.273 e. The van der Waals surface area contributed by atoms with Crippen LogP contribution in [0.5, 0.6) is 17.2 Å². The largest absolute Gasteiger partial charge is 0.507 e. The minimum Gasteiger partial charge on any atom is -0.507 e. The fraction of sp³-hybridized carbons (Fsp3) is 0.429. The van der Waals surface area contributed by atoms with Crippen LogP contribution in [0.3, 0.4) is 0 Å². The number of hydrogen-bond donors (Lipinski definition) is 2. The second-order valence-corrected chi connectivity index (χ2v) is 12.6. The number of ether oxygens (including phenoxy) is 2. The van der Waals surface area contributed by atoms with Crippen LogP contribution in [0.15, 0.2) is 36.4 Å². The van der Waals surface area contributed by atoms with E-state index in [-0.39, 0.29) is 28.9 Å². The number of aromatic hydroxyl groups is 1. The molecule has 208 valence electrons. The first-order valence-electron chi connectivity index (χ1n) is 13.2. The standard InChI is InChI=1S/C28H32ClN3O6S/c1-3-5-6-12-38-22-10-7-17(14-23(22)37-4-2)27-24-25(20-15-18(29)8-9-21(20)33)30-31-26(24)28(34)32(27)19-11-13-39(35,36)16-19/h7-10,14-15,19,27,33H,3-6,11-13,16H2,1-2H3,(H,30,31). The molecule has 2 unspecified atom stereocenters. The summed E-state index contributed by atoms with van der Waals surface area (Å²) in [7, 11) is -3.27. The molecule has 3 aromatic rings. The third-order valence-electron chi connectivity index (χ3n) is 7.21. The van der Waals surface area contributed by atoms with Crippen LogP contribution in [-0.4, -0.2) is 65.3 Å². The zero-order valence-corrected chi connectivity index (χ0v) is 23.5. The van der Waals surface area contributed by atoms with E-state index in [1.165, 1.54) is 6.07 Å². The minimum absolute atomic E-state index is 0.0248. The van der Waals surface area contributed by atoms with Crippen LogP contribution >= 0.6 is 11.6 Å². The molecule has 2 N–H and O–H groups in total. The molecule has 0 aliphatic carbocycles. The number of phenolic OH excluding ortho intramolecular Hbond substituents is 1. The summed E-state index contributed by atoms with van der Waals surface area (Å²) in [6.07, 6.45) is 3.42. The molecule has 0 bridgehead atoms. The summed E-state index contributed by atoms with van der Waals surface area (Å²) in [5, 5.41) is 18.3. The average Bonchev–Trinajstić information content (AvgIpc) is 3.57. The maximum absolute atomic E-state index is 13.8. The lowest BCUT2D eigenvalue weighted by Crippen LogP contribution is -2.40. The van der Waals surface area contributed by atoms with Gasteiger partial charge in [0.2, 0.25) is 0 Å². The van der Waals surface area contributed by atoms with Crippen molar-refractivity contribution in [2.75, 3.05) is 24.7 Å². The molecule has 0 spiro atoms. The van der Waals surface area contributed by atoms with Crippen molar-refractivity contribution < 1.29 is 27.8 Å². The zero-order valence-electron chi connectivity index (χ0n) is 21.9. The molecule has 0 radical (unpaired) electrons. The van der Waals surface area contributed by atoms with Crippen LogP contribution < -0.4 is 9.47 Å². The number of sulfone groups is 1. The lowest BCUT2D eigenvalue weighted by molar-refractivity contribution is 0.0677. The molecule has 39 heavy (non-hydrogen) atoms. The molecule has 2 atom stereocenters. The quantitative estimate of drug-likeness (QED) is 0.322. The summed E-state index contributed by atoms with van der Waals surface area (Å²) in [5.74, 6) is 0.694. The number of carbonyl (C=O) groups excluding carboxylic acids is 1. The third kappa shape index (κ3) is 5.32. The van der Waals surface area contributed by atoms with Gasteiger partial charge in [-0.05, 0) is 55.7 Å². The van der Waals surface area contributed by atoms with Gasteiger partial charge in [0.1, 0.15) is 17.1 Å². The van der Waals surface area contributed by atoms with Gasteiger partial charge in [0.15, 0.2) is 21.3 Å². The molecule has 11 heteroatoms. The molecule has 0 saturated carbocycles. The van der Waals surface area contributed by atoms with Crippen LogP contribution in [0.2, 0.25) is 5.02 Å². The van der Waals surface area contributed by atoms with E-state index < -0.39 is 21.9 Å². The Hall–Kier alpha value is -3.24. The number of amides is 1. The molecule has 2 aromatic carbocycles. The average molecular weight is 574 g/mol. The predicted octanol–water partition coefficient (Wildman–Crippen LogP) is 5.14. The van der Waals surface area contributed by atoms with E-state index in [0.29, 0.717) is 53.0 Å². The van der Waals surface area contributed by atoms with Crippen molar-refractivity contribution in [1.29, 1.82) is 0 Å². The highest BCUT2D eigenvalue weighted by molar-refractivity contribution is 7.91. The van der Waals surface area contributed by atoms with Crippen LogP contribution in [0.25, 0.3) is 11.3 Å². The number of fused-ring (bicyclic) bond motifs is 1. The highest BCUT2D eigenvalue weighted by Crippen LogP contribution is 2.48. The molecular formula is C28H32ClN3O6S. The normalized spacial score (nSPS) is 19.9. The highest BCUT2D eigenvalue weighted by Gasteiger charge is 2.48. The Morgan fingerprint density at radius 3 is 2.67 bits per heavy atom. The smallest absolute Gasteiger partial charge is 0.273 e. The van der Waals surface area contributed by atoms with Gasteiger partial charge in [0.05, 0.1) is 30.8 Å². The number of aromatic nitrogens is 2. The van der Waals surface area contributed by atoms with Crippen molar-refractivity contribution in [2.45, 2.75) is 51.6 Å². The number of H-pyrrole nitrogens is 1. The van der Waals surface area contributed by atoms with E-state index in [4.69, 9.17) is 21.1 Å². The number of nitrogens with zero attached hydrogens (tertiary/aromatic N) is 2. The van der Waals surface area contributed by atoms with Gasteiger partial charge in [-0.2, -0.15) is 5.10 Å². The topological polar surface area (TPSA) is 122 Å². The van der Waals surface area contributed by atoms with Crippen LogP contribution in [0, 0.1) is 0 Å². The Bertz CT molecular complexity index is 1490. The van der Waals surface area contributed by atoms with E-state index in [2.05, 4.69) is 17.1 Å². The van der Waals surface area contributed by atoms with E-state index in [1.54, 1.807) is 17.0 Å². The zero-order chi connectivity index (χ0) is 27.7. The molecule has 1 fully saturated rings. The molecule has 9 nitrogen and oxygen atoms in total. The van der Waals surface area contributed by atoms with E-state index in [0.717, 1.165) is 24.8 Å². The van der Waals surface area contributed by atoms with Gasteiger partial charge in [-0.15, -0.1) is 0 Å². The molecule has 3 heterocycles. The molecule has 2 aliphatic rings. The summed E-state index contributed by atoms with van der Waals surface area (Å²) < 4.78 is 36.8. The molecule has 2 aliphatic heterocycles. The van der Waals surface area contributed by atoms with E-state index in [9.17, 15) is 18.3 Å². The number of unbranched alkanes of at least 4 members (excludes halogenated alkanes) is 2. The Labute approximate surface area is 233 Å². The molecule has 1 aromatic heterocycles. The van der Waals surface area contributed by atoms with E-state index >= 15 is 0 Å². The van der Waals surface area contributed by atoms with Crippen molar-refractivity contribution in [2.24, 2.45) is 0 Å². The fourth-order valence-corrected chi connectivity index (χ4v) is 7.27. The second kappa shape index (κ2) is 11.1. The summed E-state index contributed by atoms with van der Waals surface area (Å²) in [6, 6.07) is 9.02. The summed E-state index contributed by atoms with van der Waals surface area (Å²) in [5.41, 5.74) is 2.29. The van der Waals surface area contributed by atoms with Crippen LogP contribution in [0.4, 0.5) is 0 Å². The maximum atomic E-state index is 13.8. The monoisotopic (exact) mass is 573 g/mol. The Morgan fingerprint density at radius 2 is 1.95 bits per heavy atom. The van der Waals surface area contributed by atoms with Gasteiger partial charge < -0.3 is 19.5 Å². The van der Waals surface area contributed by atoms with Crippen molar-refractivity contribution in [3.63, 3.8) is 0 Å². The van der Waals surface area contributed by atoms with Gasteiger partial charge in [0.25, 0.3) is 5.91 Å². The van der Waals surface area contributed by atoms with Gasteiger partial charge in [-0.3, -0.25) is 9.89 Å². The van der Waals surface area contributed by atoms with Crippen molar-refractivity contribution in [3.8, 4) is 28.5 Å². The Balaban J connectivity index is 1.62. The summed E-state index contributed by atoms with van der Waals surface area (Å²) in [6.45, 7) is 5.00. The lowest BCUT2D eigenvalue weighted by Gasteiger charge is -2.31. The number of aromatic amines is 1. The molecule has 5 rings (SSSR count). The number of benzene rings is 2. The minimum atomic E-state index is -3.27. The molecule has 1 amide bonds. The van der Waals surface area contributed by atoms with Gasteiger partial charge in [0, 0.05) is 22.2 Å². The first-order chi connectivity index (χ1) is 18.7. The Morgan fingerprint density at radius 1 is 1.13 bits per heavy atom. The lowest BCUT2D eigenvalue weighted by atomic mass is 9.94. The summed E-state index contributed by atoms with van der Waals surface area (Å²) in [4.78, 5) is 15.4. The number of hydrogen-bond acceptors (Lipinski definition) is 7. The third-order valence-corrected chi connectivity index (χ3v) is 9.19. The SMILES string of the molecule is CCCCCOc1ccc(C2c3c(-c4cc(Cl)ccc4O)n[nH]c3C(=O)N2C2CCS(=O)(=O)C2)cc1OCC. The van der Waals surface area contributed by atoms with Crippen LogP contribution in [-0.2, 0) is 9.84 Å². The molecule has 1 saturated heterocycles. The van der Waals surface area contributed by atoms with Crippen LogP contribution in [0.1, 0.15) is 67.2 Å². The van der Waals surface area contributed by atoms with Crippen molar-refractivity contribution in [3.05, 3.63) is 58.2 Å². The van der Waals surface area contributed by atoms with Gasteiger partial charge in [-0.1, -0.05) is 37.4 Å². The number of nitrogens with one attached hydrogen (secondary N) is 1. The predicted molar refractivity (Wildman–Crippen MR) is 148 cm³/mol. The van der Waals surface area contributed by atoms with Crippen molar-refractivity contribution >= 4 is 27.3 Å². The highest BCUT2D eigenvalue weighted by atomic mass is 35.5. The first kappa shape index (κ1) is 27.3.